The number of ether oxygens (including phenoxy) is 1. The zero-order valence-corrected chi connectivity index (χ0v) is 19.4. The van der Waals surface area contributed by atoms with Gasteiger partial charge in [0, 0.05) is 6.54 Å². The van der Waals surface area contributed by atoms with E-state index in [4.69, 9.17) is 4.74 Å². The summed E-state index contributed by atoms with van der Waals surface area (Å²) in [4.78, 5) is 0. The summed E-state index contributed by atoms with van der Waals surface area (Å²) in [5.74, 6) is -0.0845. The molecule has 1 saturated carbocycles. The molecule has 170 valence electrons. The molecule has 0 spiro atoms. The number of halogens is 1. The van der Waals surface area contributed by atoms with Crippen molar-refractivity contribution in [2.45, 2.75) is 65.4 Å². The van der Waals surface area contributed by atoms with Crippen LogP contribution in [0.1, 0.15) is 65.4 Å². The van der Waals surface area contributed by atoms with E-state index in [1.54, 1.807) is 13.0 Å². The first-order valence-electron chi connectivity index (χ1n) is 10.7. The maximum absolute atomic E-state index is 14.1. The molecule has 1 aliphatic rings. The van der Waals surface area contributed by atoms with Gasteiger partial charge >= 0.3 is 0 Å². The van der Waals surface area contributed by atoms with Crippen LogP contribution in [-0.2, 0) is 15.6 Å². The van der Waals surface area contributed by atoms with Crippen LogP contribution in [0, 0.1) is 17.2 Å². The summed E-state index contributed by atoms with van der Waals surface area (Å²) >= 11 is 0. The molecule has 2 rings (SSSR count). The molecular weight excluding hydrogens is 405 g/mol. The fourth-order valence-electron chi connectivity index (χ4n) is 3.12. The second-order valence-electron chi connectivity index (χ2n) is 9.48. The van der Waals surface area contributed by atoms with Crippen molar-refractivity contribution in [3.63, 3.8) is 0 Å². The second-order valence-corrected chi connectivity index (χ2v) is 11.3. The van der Waals surface area contributed by atoms with E-state index in [1.165, 1.54) is 24.6 Å². The fraction of sp³-hybridized carbons (Fsp3) is 0.652. The van der Waals surface area contributed by atoms with Crippen LogP contribution in [0.2, 0.25) is 0 Å². The first kappa shape index (κ1) is 24.8. The lowest BCUT2D eigenvalue weighted by Crippen LogP contribution is -2.41. The summed E-state index contributed by atoms with van der Waals surface area (Å²) in [6, 6.07) is 4.22. The maximum Gasteiger partial charge on any atom is 0.215 e. The van der Waals surface area contributed by atoms with Crippen LogP contribution < -0.4 is 9.46 Å². The van der Waals surface area contributed by atoms with Gasteiger partial charge in [-0.3, -0.25) is 0 Å². The number of rotatable bonds is 11. The highest BCUT2D eigenvalue weighted by atomic mass is 32.2. The van der Waals surface area contributed by atoms with Crippen molar-refractivity contribution in [3.8, 4) is 5.75 Å². The van der Waals surface area contributed by atoms with Crippen molar-refractivity contribution in [1.82, 2.24) is 4.72 Å². The second kappa shape index (κ2) is 10.2. The monoisotopic (exact) mass is 441 g/mol. The third kappa shape index (κ3) is 7.67. The highest BCUT2D eigenvalue weighted by Crippen LogP contribution is 2.31. The summed E-state index contributed by atoms with van der Waals surface area (Å²) in [6.45, 7) is 8.27. The minimum atomic E-state index is -3.59. The van der Waals surface area contributed by atoms with E-state index in [9.17, 15) is 17.9 Å². The summed E-state index contributed by atoms with van der Waals surface area (Å²) in [5.41, 5.74) is -0.928. The Balaban J connectivity index is 2.01. The van der Waals surface area contributed by atoms with Crippen molar-refractivity contribution in [2.24, 2.45) is 11.3 Å². The average molecular weight is 442 g/mol. The summed E-state index contributed by atoms with van der Waals surface area (Å²) in [5, 5.41) is 11.1. The standard InChI is InChI=1S/C23H36FNO4S/c1-5-23(26,17-25-30(27,28)14-7-6-13-22(2,3)4)19-11-12-20(24)21(15-19)29-16-18-9-8-10-18/h6-7,11-12,15,18,25-26H,5,8-10,13-14,16-17H2,1-4H3/b7-6+/t23-/m1/s1. The van der Waals surface area contributed by atoms with Gasteiger partial charge in [-0.1, -0.05) is 52.3 Å². The van der Waals surface area contributed by atoms with Crippen LogP contribution in [0.4, 0.5) is 4.39 Å². The van der Waals surface area contributed by atoms with Gasteiger partial charge in [0.2, 0.25) is 10.0 Å². The number of hydrogen-bond acceptors (Lipinski definition) is 4. The first-order valence-corrected chi connectivity index (χ1v) is 12.4. The maximum atomic E-state index is 14.1. The van der Waals surface area contributed by atoms with Crippen LogP contribution in [0.5, 0.6) is 5.75 Å². The molecule has 1 aromatic rings. The van der Waals surface area contributed by atoms with E-state index in [-0.39, 0.29) is 29.9 Å². The predicted octanol–water partition coefficient (Wildman–Crippen LogP) is 4.51. The van der Waals surface area contributed by atoms with Gasteiger partial charge in [0.05, 0.1) is 12.4 Å². The van der Waals surface area contributed by atoms with E-state index in [0.29, 0.717) is 18.1 Å². The molecule has 5 nitrogen and oxygen atoms in total. The molecule has 0 bridgehead atoms. The van der Waals surface area contributed by atoms with Gasteiger partial charge in [0.1, 0.15) is 5.60 Å². The summed E-state index contributed by atoms with van der Waals surface area (Å²) in [7, 11) is -3.59. The molecule has 0 radical (unpaired) electrons. The summed E-state index contributed by atoms with van der Waals surface area (Å²) < 4.78 is 46.9. The van der Waals surface area contributed by atoms with Crippen LogP contribution in [0.25, 0.3) is 0 Å². The smallest absolute Gasteiger partial charge is 0.215 e. The van der Waals surface area contributed by atoms with E-state index < -0.39 is 21.4 Å². The Morgan fingerprint density at radius 1 is 1.27 bits per heavy atom. The zero-order valence-electron chi connectivity index (χ0n) is 18.6. The molecule has 2 N–H and O–H groups in total. The van der Waals surface area contributed by atoms with Crippen LogP contribution >= 0.6 is 0 Å². The Bertz CT molecular complexity index is 828. The minimum absolute atomic E-state index is 0.0944. The molecule has 1 aliphatic carbocycles. The van der Waals surface area contributed by atoms with E-state index in [2.05, 4.69) is 25.5 Å². The fourth-order valence-corrected chi connectivity index (χ4v) is 4.09. The molecule has 1 atom stereocenters. The molecule has 0 aliphatic heterocycles. The number of hydrogen-bond donors (Lipinski definition) is 2. The Hall–Kier alpha value is -1.44. The van der Waals surface area contributed by atoms with Crippen LogP contribution in [-0.4, -0.2) is 32.4 Å². The number of benzene rings is 1. The van der Waals surface area contributed by atoms with Gasteiger partial charge in [0.25, 0.3) is 0 Å². The van der Waals surface area contributed by atoms with Gasteiger partial charge in [-0.25, -0.2) is 17.5 Å². The van der Waals surface area contributed by atoms with Gasteiger partial charge in [-0.2, -0.15) is 0 Å². The molecule has 0 saturated heterocycles. The van der Waals surface area contributed by atoms with Crippen LogP contribution in [0.3, 0.4) is 0 Å². The number of aliphatic hydroxyl groups is 1. The van der Waals surface area contributed by atoms with Crippen LogP contribution in [0.15, 0.2) is 30.4 Å². The molecular formula is C23H36FNO4S. The lowest BCUT2D eigenvalue weighted by atomic mass is 9.86. The first-order chi connectivity index (χ1) is 13.9. The number of allylic oxidation sites excluding steroid dienone is 1. The largest absolute Gasteiger partial charge is 0.490 e. The molecule has 30 heavy (non-hydrogen) atoms. The minimum Gasteiger partial charge on any atom is -0.490 e. The average Bonchev–Trinajstić information content (AvgIpc) is 2.63. The lowest BCUT2D eigenvalue weighted by Gasteiger charge is -2.29. The van der Waals surface area contributed by atoms with Crippen molar-refractivity contribution in [1.29, 1.82) is 0 Å². The Labute approximate surface area is 180 Å². The Morgan fingerprint density at radius 2 is 1.97 bits per heavy atom. The highest BCUT2D eigenvalue weighted by Gasteiger charge is 2.30. The molecule has 7 heteroatoms. The number of sulfonamides is 1. The molecule has 0 aromatic heterocycles. The Kier molecular flexibility index (Phi) is 8.48. The molecule has 1 aromatic carbocycles. The van der Waals surface area contributed by atoms with E-state index in [1.807, 2.05) is 6.08 Å². The van der Waals surface area contributed by atoms with Gasteiger partial charge in [-0.05, 0) is 54.7 Å². The van der Waals surface area contributed by atoms with E-state index >= 15 is 0 Å². The molecule has 0 heterocycles. The van der Waals surface area contributed by atoms with Crippen molar-refractivity contribution in [2.75, 3.05) is 18.9 Å². The third-order valence-electron chi connectivity index (χ3n) is 5.55. The highest BCUT2D eigenvalue weighted by molar-refractivity contribution is 7.89. The quantitative estimate of drug-likeness (QED) is 0.495. The van der Waals surface area contributed by atoms with Gasteiger partial charge in [0.15, 0.2) is 11.6 Å². The third-order valence-corrected chi connectivity index (χ3v) is 6.77. The zero-order chi connectivity index (χ0) is 22.4. The molecule has 0 amide bonds. The predicted molar refractivity (Wildman–Crippen MR) is 118 cm³/mol. The topological polar surface area (TPSA) is 75.6 Å². The SMILES string of the molecule is CC[C@@](O)(CNS(=O)(=O)C/C=C/CC(C)(C)C)c1ccc(F)c(OCC2CCC2)c1. The lowest BCUT2D eigenvalue weighted by molar-refractivity contribution is 0.0376. The van der Waals surface area contributed by atoms with Gasteiger partial charge < -0.3 is 9.84 Å². The van der Waals surface area contributed by atoms with E-state index in [0.717, 1.165) is 19.3 Å². The van der Waals surface area contributed by atoms with Crippen molar-refractivity contribution < 1.29 is 22.7 Å². The molecule has 0 unspecified atom stereocenters. The molecule has 1 fully saturated rings. The van der Waals surface area contributed by atoms with Crippen molar-refractivity contribution >= 4 is 10.0 Å². The summed E-state index contributed by atoms with van der Waals surface area (Å²) in [6.07, 6.45) is 7.89. The normalized spacial score (nSPS) is 17.7. The van der Waals surface area contributed by atoms with Gasteiger partial charge in [-0.15, -0.1) is 0 Å². The number of nitrogens with one attached hydrogen (secondary N) is 1. The van der Waals surface area contributed by atoms with Crippen molar-refractivity contribution in [3.05, 3.63) is 41.7 Å². The Morgan fingerprint density at radius 3 is 2.53 bits per heavy atom.